The number of likely N-dealkylation sites (N-methyl/N-ethyl adjacent to an activating group) is 2. The predicted octanol–water partition coefficient (Wildman–Crippen LogP) is 2.62. The maximum Gasteiger partial charge on any atom is 0.240 e. The lowest BCUT2D eigenvalue weighted by Crippen LogP contribution is -2.44. The van der Waals surface area contributed by atoms with E-state index < -0.39 is 5.41 Å². The van der Waals surface area contributed by atoms with Crippen molar-refractivity contribution < 1.29 is 19.1 Å². The van der Waals surface area contributed by atoms with Crippen molar-refractivity contribution in [1.29, 1.82) is 0 Å². The van der Waals surface area contributed by atoms with Crippen LogP contribution in [-0.4, -0.2) is 60.9 Å². The van der Waals surface area contributed by atoms with E-state index in [0.29, 0.717) is 18.8 Å². The van der Waals surface area contributed by atoms with Crippen molar-refractivity contribution in [3.63, 3.8) is 0 Å². The van der Waals surface area contributed by atoms with Crippen molar-refractivity contribution in [2.75, 3.05) is 27.3 Å². The van der Waals surface area contributed by atoms with E-state index in [0.717, 1.165) is 22.4 Å². The first-order valence-electron chi connectivity index (χ1n) is 10.2. The topological polar surface area (TPSA) is 66.9 Å². The SMILES string of the molecule is CN1C(=O)C[C@@](CC(=O)N(C)[C@@H]2CCOC2)(c2ccc(-c3ccccc3)cc2)C1=O. The Balaban J connectivity index is 1.66. The molecule has 30 heavy (non-hydrogen) atoms. The van der Waals surface area contributed by atoms with Crippen LogP contribution < -0.4 is 0 Å². The van der Waals surface area contributed by atoms with Crippen molar-refractivity contribution in [2.24, 2.45) is 0 Å². The van der Waals surface area contributed by atoms with Gasteiger partial charge in [-0.1, -0.05) is 54.6 Å². The molecule has 3 amide bonds. The van der Waals surface area contributed by atoms with Gasteiger partial charge in [-0.05, 0) is 23.1 Å². The molecule has 2 aliphatic heterocycles. The maximum absolute atomic E-state index is 13.2. The van der Waals surface area contributed by atoms with E-state index in [-0.39, 0.29) is 36.6 Å². The van der Waals surface area contributed by atoms with Gasteiger partial charge in [0.05, 0.1) is 18.1 Å². The van der Waals surface area contributed by atoms with Crippen molar-refractivity contribution in [3.05, 3.63) is 60.2 Å². The molecule has 2 aromatic carbocycles. The molecule has 2 heterocycles. The summed E-state index contributed by atoms with van der Waals surface area (Å²) in [4.78, 5) is 41.5. The first kappa shape index (κ1) is 20.3. The highest BCUT2D eigenvalue weighted by Crippen LogP contribution is 2.40. The van der Waals surface area contributed by atoms with Crippen LogP contribution >= 0.6 is 0 Å². The first-order chi connectivity index (χ1) is 14.4. The summed E-state index contributed by atoms with van der Waals surface area (Å²) >= 11 is 0. The van der Waals surface area contributed by atoms with Gasteiger partial charge in [0.1, 0.15) is 0 Å². The van der Waals surface area contributed by atoms with Crippen molar-refractivity contribution in [2.45, 2.75) is 30.7 Å². The molecule has 6 heteroatoms. The van der Waals surface area contributed by atoms with Gasteiger partial charge in [-0.25, -0.2) is 0 Å². The maximum atomic E-state index is 13.2. The number of benzene rings is 2. The van der Waals surface area contributed by atoms with Gasteiger partial charge in [0.15, 0.2) is 0 Å². The quantitative estimate of drug-likeness (QED) is 0.716. The zero-order valence-electron chi connectivity index (χ0n) is 17.3. The number of likely N-dealkylation sites (tertiary alicyclic amines) is 1. The third kappa shape index (κ3) is 3.52. The van der Waals surface area contributed by atoms with Gasteiger partial charge >= 0.3 is 0 Å². The minimum atomic E-state index is -1.16. The molecule has 0 bridgehead atoms. The molecular weight excluding hydrogens is 380 g/mol. The summed E-state index contributed by atoms with van der Waals surface area (Å²) in [5.74, 6) is -0.717. The number of carbonyl (C=O) groups excluding carboxylic acids is 3. The van der Waals surface area contributed by atoms with Crippen LogP contribution in [0.1, 0.15) is 24.8 Å². The van der Waals surface area contributed by atoms with Gasteiger partial charge in [-0.3, -0.25) is 19.3 Å². The van der Waals surface area contributed by atoms with Gasteiger partial charge in [0.25, 0.3) is 0 Å². The van der Waals surface area contributed by atoms with E-state index >= 15 is 0 Å². The molecule has 0 radical (unpaired) electrons. The first-order valence-corrected chi connectivity index (χ1v) is 10.2. The highest BCUT2D eigenvalue weighted by atomic mass is 16.5. The van der Waals surface area contributed by atoms with E-state index in [4.69, 9.17) is 4.74 Å². The highest BCUT2D eigenvalue weighted by molar-refractivity contribution is 6.10. The molecule has 2 saturated heterocycles. The Morgan fingerprint density at radius 2 is 1.77 bits per heavy atom. The molecule has 2 aromatic rings. The molecule has 0 unspecified atom stereocenters. The Morgan fingerprint density at radius 3 is 2.33 bits per heavy atom. The van der Waals surface area contributed by atoms with Gasteiger partial charge in [-0.2, -0.15) is 0 Å². The lowest BCUT2D eigenvalue weighted by atomic mass is 9.75. The average Bonchev–Trinajstić information content (AvgIpc) is 3.38. The number of rotatable bonds is 5. The van der Waals surface area contributed by atoms with Crippen LogP contribution in [0, 0.1) is 0 Å². The van der Waals surface area contributed by atoms with E-state index in [1.165, 1.54) is 7.05 Å². The fourth-order valence-electron chi connectivity index (χ4n) is 4.38. The van der Waals surface area contributed by atoms with Crippen LogP contribution in [0.3, 0.4) is 0 Å². The molecule has 0 aliphatic carbocycles. The minimum absolute atomic E-state index is 0.00770. The third-order valence-corrected chi connectivity index (χ3v) is 6.39. The number of amides is 3. The number of carbonyl (C=O) groups is 3. The van der Waals surface area contributed by atoms with Crippen molar-refractivity contribution in [1.82, 2.24) is 9.80 Å². The normalized spacial score (nSPS) is 23.8. The van der Waals surface area contributed by atoms with Crippen LogP contribution in [0.25, 0.3) is 11.1 Å². The largest absolute Gasteiger partial charge is 0.379 e. The zero-order valence-corrected chi connectivity index (χ0v) is 17.3. The van der Waals surface area contributed by atoms with E-state index in [9.17, 15) is 14.4 Å². The highest BCUT2D eigenvalue weighted by Gasteiger charge is 2.53. The second-order valence-electron chi connectivity index (χ2n) is 8.16. The molecule has 2 aliphatic rings. The van der Waals surface area contributed by atoms with Crippen LogP contribution in [0.5, 0.6) is 0 Å². The number of imide groups is 1. The van der Waals surface area contributed by atoms with Gasteiger partial charge < -0.3 is 9.64 Å². The molecule has 0 N–H and O–H groups in total. The second kappa shape index (κ2) is 8.03. The van der Waals surface area contributed by atoms with Crippen LogP contribution in [0.4, 0.5) is 0 Å². The monoisotopic (exact) mass is 406 g/mol. The van der Waals surface area contributed by atoms with Crippen LogP contribution in [0.2, 0.25) is 0 Å². The van der Waals surface area contributed by atoms with Crippen LogP contribution in [-0.2, 0) is 24.5 Å². The summed E-state index contributed by atoms with van der Waals surface area (Å²) in [6.45, 7) is 1.14. The molecule has 156 valence electrons. The Kier molecular flexibility index (Phi) is 5.43. The molecule has 0 spiro atoms. The summed E-state index contributed by atoms with van der Waals surface area (Å²) in [6.07, 6.45) is 0.765. The Morgan fingerprint density at radius 1 is 1.10 bits per heavy atom. The fourth-order valence-corrected chi connectivity index (χ4v) is 4.38. The molecule has 0 saturated carbocycles. The van der Waals surface area contributed by atoms with Crippen LogP contribution in [0.15, 0.2) is 54.6 Å². The van der Waals surface area contributed by atoms with Crippen molar-refractivity contribution >= 4 is 17.7 Å². The molecule has 2 fully saturated rings. The molecular formula is C24H26N2O4. The average molecular weight is 406 g/mol. The number of hydrogen-bond donors (Lipinski definition) is 0. The number of hydrogen-bond acceptors (Lipinski definition) is 4. The standard InChI is InChI=1S/C24H26N2O4/c1-25(20-12-13-30-16-20)21(27)14-24(15-22(28)26(2)23(24)29)19-10-8-18(9-11-19)17-6-4-3-5-7-17/h3-11,20H,12-16H2,1-2H3/t20-,24+/m1/s1. The number of ether oxygens (including phenoxy) is 1. The summed E-state index contributed by atoms with van der Waals surface area (Å²) in [7, 11) is 3.24. The van der Waals surface area contributed by atoms with Crippen molar-refractivity contribution in [3.8, 4) is 11.1 Å². The fraction of sp³-hybridized carbons (Fsp3) is 0.375. The lowest BCUT2D eigenvalue weighted by Gasteiger charge is -2.30. The Hall–Kier alpha value is -2.99. The summed E-state index contributed by atoms with van der Waals surface area (Å²) in [5, 5.41) is 0. The molecule has 0 aromatic heterocycles. The third-order valence-electron chi connectivity index (χ3n) is 6.39. The summed E-state index contributed by atoms with van der Waals surface area (Å²) < 4.78 is 5.40. The van der Waals surface area contributed by atoms with Gasteiger partial charge in [0.2, 0.25) is 17.7 Å². The number of nitrogens with zero attached hydrogens (tertiary/aromatic N) is 2. The zero-order chi connectivity index (χ0) is 21.3. The minimum Gasteiger partial charge on any atom is -0.379 e. The lowest BCUT2D eigenvalue weighted by molar-refractivity contribution is -0.141. The second-order valence-corrected chi connectivity index (χ2v) is 8.16. The summed E-state index contributed by atoms with van der Waals surface area (Å²) in [6, 6.07) is 17.6. The molecule has 6 nitrogen and oxygen atoms in total. The molecule has 4 rings (SSSR count). The van der Waals surface area contributed by atoms with E-state index in [2.05, 4.69) is 0 Å². The Bertz CT molecular complexity index is 951. The summed E-state index contributed by atoms with van der Waals surface area (Å²) in [5.41, 5.74) is 1.63. The van der Waals surface area contributed by atoms with E-state index in [1.54, 1.807) is 11.9 Å². The smallest absolute Gasteiger partial charge is 0.240 e. The molecule has 2 atom stereocenters. The Labute approximate surface area is 176 Å². The predicted molar refractivity (Wildman–Crippen MR) is 113 cm³/mol. The van der Waals surface area contributed by atoms with E-state index in [1.807, 2.05) is 54.6 Å². The van der Waals surface area contributed by atoms with Gasteiger partial charge in [-0.15, -0.1) is 0 Å². The van der Waals surface area contributed by atoms with Gasteiger partial charge in [0, 0.05) is 33.5 Å².